The molecule has 2 N–H and O–H groups in total. The normalized spacial score (nSPS) is 14.1. The van der Waals surface area contributed by atoms with Crippen molar-refractivity contribution in [3.05, 3.63) is 0 Å². The van der Waals surface area contributed by atoms with E-state index in [0.717, 1.165) is 6.54 Å². The van der Waals surface area contributed by atoms with E-state index in [1.54, 1.807) is 0 Å². The largest absolute Gasteiger partial charge is 0.389 e. The van der Waals surface area contributed by atoms with Gasteiger partial charge in [0.05, 0.1) is 18.3 Å². The van der Waals surface area contributed by atoms with Crippen LogP contribution in [0.1, 0.15) is 33.6 Å². The Labute approximate surface area is 104 Å². The van der Waals surface area contributed by atoms with Crippen molar-refractivity contribution in [2.24, 2.45) is 0 Å². The van der Waals surface area contributed by atoms with Crippen molar-refractivity contribution in [1.29, 1.82) is 0 Å². The predicted molar refractivity (Wildman–Crippen MR) is 72.2 cm³/mol. The van der Waals surface area contributed by atoms with Crippen LogP contribution in [0.4, 0.5) is 0 Å². The lowest BCUT2D eigenvalue weighted by atomic mass is 10.2. The second kappa shape index (κ2) is 9.28. The highest BCUT2D eigenvalue weighted by Crippen LogP contribution is 2.06. The molecule has 0 fully saturated rings. The Morgan fingerprint density at radius 2 is 2.00 bits per heavy atom. The second-order valence-corrected chi connectivity index (χ2v) is 5.97. The summed E-state index contributed by atoms with van der Waals surface area (Å²) in [5, 5.41) is 12.9. The topological polar surface area (TPSA) is 41.5 Å². The lowest BCUT2D eigenvalue weighted by molar-refractivity contribution is -0.0478. The van der Waals surface area contributed by atoms with Crippen LogP contribution in [0, 0.1) is 0 Å². The van der Waals surface area contributed by atoms with E-state index in [1.807, 2.05) is 32.5 Å². The van der Waals surface area contributed by atoms with Gasteiger partial charge < -0.3 is 15.2 Å². The summed E-state index contributed by atoms with van der Waals surface area (Å²) in [6.45, 7) is 7.99. The highest BCUT2D eigenvalue weighted by Gasteiger charge is 2.12. The maximum Gasteiger partial charge on any atom is 0.0897 e. The monoisotopic (exact) mass is 249 g/mol. The molecule has 0 aromatic rings. The third-order valence-electron chi connectivity index (χ3n) is 2.04. The van der Waals surface area contributed by atoms with Gasteiger partial charge in [-0.05, 0) is 52.2 Å². The van der Waals surface area contributed by atoms with Gasteiger partial charge in [0.25, 0.3) is 0 Å². The van der Waals surface area contributed by atoms with Crippen molar-refractivity contribution >= 4 is 11.8 Å². The summed E-state index contributed by atoms with van der Waals surface area (Å²) in [5.74, 6) is 1.22. The maximum absolute atomic E-state index is 9.62. The third kappa shape index (κ3) is 12.3. The standard InChI is InChI=1S/C12H27NO2S/c1-12(2,3)15-10-11(14)9-13-7-5-6-8-16-4/h11,13-14H,5-10H2,1-4H3. The first-order valence-electron chi connectivity index (χ1n) is 5.97. The smallest absolute Gasteiger partial charge is 0.0897 e. The fourth-order valence-electron chi connectivity index (χ4n) is 1.17. The molecule has 0 rings (SSSR count). The van der Waals surface area contributed by atoms with Gasteiger partial charge in [-0.15, -0.1) is 0 Å². The first kappa shape index (κ1) is 16.2. The summed E-state index contributed by atoms with van der Waals surface area (Å²) in [5.41, 5.74) is -0.167. The van der Waals surface area contributed by atoms with Crippen molar-refractivity contribution < 1.29 is 9.84 Å². The fraction of sp³-hybridized carbons (Fsp3) is 1.00. The molecule has 0 aliphatic carbocycles. The lowest BCUT2D eigenvalue weighted by Crippen LogP contribution is -2.34. The molecule has 0 aromatic carbocycles. The van der Waals surface area contributed by atoms with E-state index in [2.05, 4.69) is 11.6 Å². The average Bonchev–Trinajstić information content (AvgIpc) is 2.19. The zero-order valence-electron chi connectivity index (χ0n) is 11.1. The van der Waals surface area contributed by atoms with Crippen LogP contribution in [0.3, 0.4) is 0 Å². The van der Waals surface area contributed by atoms with E-state index in [1.165, 1.54) is 18.6 Å². The van der Waals surface area contributed by atoms with Gasteiger partial charge in [0.15, 0.2) is 0 Å². The summed E-state index contributed by atoms with van der Waals surface area (Å²) >= 11 is 1.88. The summed E-state index contributed by atoms with van der Waals surface area (Å²) < 4.78 is 5.49. The molecule has 3 nitrogen and oxygen atoms in total. The molecule has 4 heteroatoms. The number of hydrogen-bond acceptors (Lipinski definition) is 4. The van der Waals surface area contributed by atoms with Gasteiger partial charge in [-0.3, -0.25) is 0 Å². The van der Waals surface area contributed by atoms with Crippen LogP contribution < -0.4 is 5.32 Å². The Hall–Kier alpha value is 0.230. The number of ether oxygens (including phenoxy) is 1. The number of hydrogen-bond donors (Lipinski definition) is 2. The number of unbranched alkanes of at least 4 members (excludes halogenated alkanes) is 1. The summed E-state index contributed by atoms with van der Waals surface area (Å²) in [6, 6.07) is 0. The quantitative estimate of drug-likeness (QED) is 0.612. The molecule has 0 heterocycles. The van der Waals surface area contributed by atoms with Gasteiger partial charge >= 0.3 is 0 Å². The van der Waals surface area contributed by atoms with E-state index in [9.17, 15) is 5.11 Å². The van der Waals surface area contributed by atoms with Crippen LogP contribution in [0.2, 0.25) is 0 Å². The van der Waals surface area contributed by atoms with Crippen LogP contribution in [0.15, 0.2) is 0 Å². The Morgan fingerprint density at radius 1 is 1.31 bits per heavy atom. The molecule has 0 spiro atoms. The first-order chi connectivity index (χ1) is 7.45. The molecule has 0 radical (unpaired) electrons. The van der Waals surface area contributed by atoms with Gasteiger partial charge in [0.2, 0.25) is 0 Å². The number of aliphatic hydroxyl groups excluding tert-OH is 1. The van der Waals surface area contributed by atoms with Crippen molar-refractivity contribution in [3.63, 3.8) is 0 Å². The highest BCUT2D eigenvalue weighted by atomic mass is 32.2. The van der Waals surface area contributed by atoms with E-state index >= 15 is 0 Å². The minimum absolute atomic E-state index is 0.167. The molecular formula is C12H27NO2S. The Morgan fingerprint density at radius 3 is 2.56 bits per heavy atom. The lowest BCUT2D eigenvalue weighted by Gasteiger charge is -2.22. The van der Waals surface area contributed by atoms with E-state index in [0.29, 0.717) is 13.2 Å². The van der Waals surface area contributed by atoms with Crippen molar-refractivity contribution in [3.8, 4) is 0 Å². The second-order valence-electron chi connectivity index (χ2n) is 4.98. The first-order valence-corrected chi connectivity index (χ1v) is 7.37. The van der Waals surface area contributed by atoms with Crippen molar-refractivity contribution in [2.45, 2.75) is 45.3 Å². The maximum atomic E-state index is 9.62. The summed E-state index contributed by atoms with van der Waals surface area (Å²) in [6.07, 6.45) is 4.14. The van der Waals surface area contributed by atoms with Crippen LogP contribution in [-0.4, -0.2) is 48.5 Å². The van der Waals surface area contributed by atoms with Crippen molar-refractivity contribution in [2.75, 3.05) is 31.7 Å². The van der Waals surface area contributed by atoms with Crippen molar-refractivity contribution in [1.82, 2.24) is 5.32 Å². The number of nitrogens with one attached hydrogen (secondary N) is 1. The van der Waals surface area contributed by atoms with E-state index < -0.39 is 6.10 Å². The minimum atomic E-state index is -0.403. The van der Waals surface area contributed by atoms with Crippen LogP contribution >= 0.6 is 11.8 Å². The van der Waals surface area contributed by atoms with Gasteiger partial charge in [-0.1, -0.05) is 0 Å². The van der Waals surface area contributed by atoms with Gasteiger partial charge in [-0.2, -0.15) is 11.8 Å². The van der Waals surface area contributed by atoms with E-state index in [-0.39, 0.29) is 5.60 Å². The Balaban J connectivity index is 3.27. The third-order valence-corrected chi connectivity index (χ3v) is 2.74. The molecule has 0 aliphatic heterocycles. The average molecular weight is 249 g/mol. The SMILES string of the molecule is CSCCCCNCC(O)COC(C)(C)C. The number of rotatable bonds is 9. The van der Waals surface area contributed by atoms with Gasteiger partial charge in [0.1, 0.15) is 0 Å². The molecule has 1 unspecified atom stereocenters. The van der Waals surface area contributed by atoms with E-state index in [4.69, 9.17) is 4.74 Å². The molecular weight excluding hydrogens is 222 g/mol. The molecule has 0 saturated carbocycles. The van der Waals surface area contributed by atoms with Crippen LogP contribution in [0.5, 0.6) is 0 Å². The Kier molecular flexibility index (Phi) is 9.41. The zero-order valence-corrected chi connectivity index (χ0v) is 11.9. The summed E-state index contributed by atoms with van der Waals surface area (Å²) in [4.78, 5) is 0. The Bertz CT molecular complexity index is 160. The molecule has 0 amide bonds. The van der Waals surface area contributed by atoms with Gasteiger partial charge in [0, 0.05) is 6.54 Å². The van der Waals surface area contributed by atoms with Gasteiger partial charge in [-0.25, -0.2) is 0 Å². The molecule has 0 saturated heterocycles. The molecule has 16 heavy (non-hydrogen) atoms. The van der Waals surface area contributed by atoms with Crippen LogP contribution in [-0.2, 0) is 4.74 Å². The highest BCUT2D eigenvalue weighted by molar-refractivity contribution is 7.98. The molecule has 0 aliphatic rings. The molecule has 0 bridgehead atoms. The fourth-order valence-corrected chi connectivity index (χ4v) is 1.66. The molecule has 0 aromatic heterocycles. The van der Waals surface area contributed by atoms with Crippen LogP contribution in [0.25, 0.3) is 0 Å². The minimum Gasteiger partial charge on any atom is -0.389 e. The predicted octanol–water partition coefficient (Wildman–Crippen LogP) is 1.90. The zero-order chi connectivity index (χ0) is 12.4. The number of thioether (sulfide) groups is 1. The molecule has 1 atom stereocenters. The summed E-state index contributed by atoms with van der Waals surface area (Å²) in [7, 11) is 0. The number of aliphatic hydroxyl groups is 1. The molecule has 98 valence electrons.